The van der Waals surface area contributed by atoms with Gasteiger partial charge in [-0.05, 0) is 66.5 Å². The first-order valence-electron chi connectivity index (χ1n) is 8.08. The molecule has 20 heavy (non-hydrogen) atoms. The fourth-order valence-corrected chi connectivity index (χ4v) is 2.42. The topological polar surface area (TPSA) is 41.6 Å². The minimum absolute atomic E-state index is 0.0990. The molecule has 1 saturated carbocycles. The van der Waals surface area contributed by atoms with Crippen LogP contribution in [0.25, 0.3) is 0 Å². The molecule has 0 spiro atoms. The Morgan fingerprint density at radius 3 is 2.60 bits per heavy atom. The normalized spacial score (nSPS) is 19.7. The van der Waals surface area contributed by atoms with Crippen LogP contribution in [-0.2, 0) is 9.53 Å². The maximum absolute atomic E-state index is 12.2. The summed E-state index contributed by atoms with van der Waals surface area (Å²) in [5.74, 6) is -0.0990. The van der Waals surface area contributed by atoms with Gasteiger partial charge in [-0.3, -0.25) is 10.1 Å². The zero-order chi connectivity index (χ0) is 15.2. The highest BCUT2D eigenvalue weighted by molar-refractivity contribution is 5.80. The summed E-state index contributed by atoms with van der Waals surface area (Å²) < 4.78 is 5.25. The largest absolute Gasteiger partial charge is 0.465 e. The van der Waals surface area contributed by atoms with Gasteiger partial charge in [0.25, 0.3) is 0 Å². The van der Waals surface area contributed by atoms with E-state index in [1.165, 1.54) is 12.8 Å². The Bertz CT molecular complexity index is 305. The Labute approximate surface area is 124 Å². The van der Waals surface area contributed by atoms with Gasteiger partial charge in [-0.1, -0.05) is 6.92 Å². The molecule has 118 valence electrons. The number of hydrogen-bond acceptors (Lipinski definition) is 4. The van der Waals surface area contributed by atoms with Gasteiger partial charge in [0, 0.05) is 12.1 Å². The van der Waals surface area contributed by atoms with Gasteiger partial charge in [-0.25, -0.2) is 0 Å². The number of esters is 1. The molecule has 0 aromatic carbocycles. The molecule has 0 heterocycles. The van der Waals surface area contributed by atoms with Gasteiger partial charge >= 0.3 is 5.97 Å². The van der Waals surface area contributed by atoms with Crippen LogP contribution >= 0.6 is 0 Å². The molecule has 0 aromatic heterocycles. The summed E-state index contributed by atoms with van der Waals surface area (Å²) in [7, 11) is 2.16. The van der Waals surface area contributed by atoms with Crippen molar-refractivity contribution >= 4 is 5.97 Å². The van der Waals surface area contributed by atoms with E-state index < -0.39 is 5.54 Å². The third kappa shape index (κ3) is 5.41. The number of nitrogens with one attached hydrogen (secondary N) is 1. The van der Waals surface area contributed by atoms with Gasteiger partial charge in [0.2, 0.25) is 0 Å². The number of ether oxygens (including phenoxy) is 1. The fraction of sp³-hybridized carbons (Fsp3) is 0.938. The average molecular weight is 284 g/mol. The van der Waals surface area contributed by atoms with E-state index in [1.54, 1.807) is 0 Å². The highest BCUT2D eigenvalue weighted by Crippen LogP contribution is 2.26. The molecule has 0 aromatic rings. The molecule has 1 fully saturated rings. The van der Waals surface area contributed by atoms with Gasteiger partial charge in [0.1, 0.15) is 5.54 Å². The molecule has 1 N–H and O–H groups in total. The van der Waals surface area contributed by atoms with Crippen LogP contribution in [0.5, 0.6) is 0 Å². The van der Waals surface area contributed by atoms with Crippen molar-refractivity contribution in [1.82, 2.24) is 10.2 Å². The standard InChI is InChI=1S/C16H32N2O2/c1-6-13(3)18(5)12-8-11-16(4,15(19)20-7-2)17-14-9-10-14/h13-14,17H,6-12H2,1-5H3. The smallest absolute Gasteiger partial charge is 0.326 e. The quantitative estimate of drug-likeness (QED) is 0.626. The van der Waals surface area contributed by atoms with E-state index >= 15 is 0 Å². The second kappa shape index (κ2) is 7.99. The SMILES string of the molecule is CCOC(=O)C(C)(CCCN(C)C(C)CC)NC1CC1. The summed E-state index contributed by atoms with van der Waals surface area (Å²) in [6, 6.07) is 1.11. The highest BCUT2D eigenvalue weighted by atomic mass is 16.5. The van der Waals surface area contributed by atoms with Crippen LogP contribution in [0.3, 0.4) is 0 Å². The summed E-state index contributed by atoms with van der Waals surface area (Å²) >= 11 is 0. The number of carbonyl (C=O) groups is 1. The van der Waals surface area contributed by atoms with E-state index in [9.17, 15) is 4.79 Å². The molecule has 0 bridgehead atoms. The van der Waals surface area contributed by atoms with Crippen molar-refractivity contribution in [3.05, 3.63) is 0 Å². The number of nitrogens with zero attached hydrogens (tertiary/aromatic N) is 1. The minimum atomic E-state index is -0.520. The van der Waals surface area contributed by atoms with Crippen LogP contribution in [0.15, 0.2) is 0 Å². The van der Waals surface area contributed by atoms with E-state index in [1.807, 2.05) is 13.8 Å². The average Bonchev–Trinajstić information content (AvgIpc) is 3.21. The molecule has 4 nitrogen and oxygen atoms in total. The van der Waals surface area contributed by atoms with Crippen molar-refractivity contribution in [2.45, 2.75) is 77.4 Å². The number of rotatable bonds is 10. The molecule has 2 atom stereocenters. The number of hydrogen-bond donors (Lipinski definition) is 1. The molecule has 2 unspecified atom stereocenters. The maximum Gasteiger partial charge on any atom is 0.326 e. The molecule has 1 aliphatic rings. The molecule has 4 heteroatoms. The van der Waals surface area contributed by atoms with Crippen molar-refractivity contribution in [3.63, 3.8) is 0 Å². The Hall–Kier alpha value is -0.610. The lowest BCUT2D eigenvalue weighted by molar-refractivity contribution is -0.151. The van der Waals surface area contributed by atoms with E-state index in [-0.39, 0.29) is 5.97 Å². The van der Waals surface area contributed by atoms with Crippen LogP contribution in [0.2, 0.25) is 0 Å². The Kier molecular flexibility index (Phi) is 6.96. The molecule has 1 aliphatic carbocycles. The molecular weight excluding hydrogens is 252 g/mol. The first-order chi connectivity index (χ1) is 9.42. The van der Waals surface area contributed by atoms with Crippen molar-refractivity contribution in [2.24, 2.45) is 0 Å². The third-order valence-corrected chi connectivity index (χ3v) is 4.36. The van der Waals surface area contributed by atoms with Crippen LogP contribution in [0.1, 0.15) is 59.8 Å². The predicted octanol–water partition coefficient (Wildman–Crippen LogP) is 2.57. The van der Waals surface area contributed by atoms with E-state index in [0.29, 0.717) is 18.7 Å². The summed E-state index contributed by atoms with van der Waals surface area (Å²) in [6.45, 7) is 9.79. The lowest BCUT2D eigenvalue weighted by atomic mass is 9.95. The van der Waals surface area contributed by atoms with Gasteiger partial charge in [-0.2, -0.15) is 0 Å². The zero-order valence-corrected chi connectivity index (χ0v) is 13.9. The second-order valence-electron chi connectivity index (χ2n) is 6.31. The molecule has 0 amide bonds. The first-order valence-corrected chi connectivity index (χ1v) is 8.08. The van der Waals surface area contributed by atoms with Crippen LogP contribution in [-0.4, -0.2) is 48.7 Å². The van der Waals surface area contributed by atoms with Gasteiger partial charge in [0.15, 0.2) is 0 Å². The summed E-state index contributed by atoms with van der Waals surface area (Å²) in [4.78, 5) is 14.6. The van der Waals surface area contributed by atoms with Gasteiger partial charge < -0.3 is 9.64 Å². The van der Waals surface area contributed by atoms with Crippen LogP contribution in [0, 0.1) is 0 Å². The third-order valence-electron chi connectivity index (χ3n) is 4.36. The summed E-state index contributed by atoms with van der Waals surface area (Å²) in [5.41, 5.74) is -0.520. The summed E-state index contributed by atoms with van der Waals surface area (Å²) in [5, 5.41) is 3.48. The molecule has 0 radical (unpaired) electrons. The van der Waals surface area contributed by atoms with Crippen molar-refractivity contribution in [2.75, 3.05) is 20.2 Å². The highest BCUT2D eigenvalue weighted by Gasteiger charge is 2.39. The lowest BCUT2D eigenvalue weighted by Gasteiger charge is -2.30. The molecule has 1 rings (SSSR count). The zero-order valence-electron chi connectivity index (χ0n) is 13.9. The Balaban J connectivity index is 2.45. The Morgan fingerprint density at radius 1 is 1.45 bits per heavy atom. The van der Waals surface area contributed by atoms with E-state index in [4.69, 9.17) is 4.74 Å². The predicted molar refractivity (Wildman–Crippen MR) is 82.8 cm³/mol. The molecule has 0 saturated heterocycles. The molecular formula is C16H32N2O2. The van der Waals surface area contributed by atoms with Crippen molar-refractivity contribution < 1.29 is 9.53 Å². The molecule has 0 aliphatic heterocycles. The lowest BCUT2D eigenvalue weighted by Crippen LogP contribution is -2.51. The van der Waals surface area contributed by atoms with Crippen molar-refractivity contribution in [3.8, 4) is 0 Å². The second-order valence-corrected chi connectivity index (χ2v) is 6.31. The van der Waals surface area contributed by atoms with Crippen LogP contribution < -0.4 is 5.32 Å². The Morgan fingerprint density at radius 2 is 2.10 bits per heavy atom. The van der Waals surface area contributed by atoms with Gasteiger partial charge in [0.05, 0.1) is 6.61 Å². The summed E-state index contributed by atoms with van der Waals surface area (Å²) in [6.07, 6.45) is 5.37. The van der Waals surface area contributed by atoms with E-state index in [0.717, 1.165) is 25.8 Å². The minimum Gasteiger partial charge on any atom is -0.465 e. The van der Waals surface area contributed by atoms with E-state index in [2.05, 4.69) is 31.1 Å². The van der Waals surface area contributed by atoms with Crippen LogP contribution in [0.4, 0.5) is 0 Å². The maximum atomic E-state index is 12.2. The van der Waals surface area contributed by atoms with Gasteiger partial charge in [-0.15, -0.1) is 0 Å². The monoisotopic (exact) mass is 284 g/mol. The first kappa shape index (κ1) is 17.4. The fourth-order valence-electron chi connectivity index (χ4n) is 2.42. The van der Waals surface area contributed by atoms with Crippen molar-refractivity contribution in [1.29, 1.82) is 0 Å². The number of carbonyl (C=O) groups excluding carboxylic acids is 1.